The fraction of sp³-hybridized carbons (Fsp3) is 0.150. The summed E-state index contributed by atoms with van der Waals surface area (Å²) in [6, 6.07) is 22.1. The molecule has 0 bridgehead atoms. The number of nitrogens with zero attached hydrogens (tertiary/aromatic N) is 2. The van der Waals surface area contributed by atoms with Crippen molar-refractivity contribution in [2.24, 2.45) is 5.10 Å². The maximum Gasteiger partial charge on any atom is 0.150 e. The van der Waals surface area contributed by atoms with E-state index in [1.54, 1.807) is 0 Å². The highest BCUT2D eigenvalue weighted by Gasteiger charge is 2.32. The largest absolute Gasteiger partial charge is 0.460 e. The van der Waals surface area contributed by atoms with Crippen molar-refractivity contribution in [1.29, 1.82) is 0 Å². The maximum atomic E-state index is 6.45. The molecule has 0 radical (unpaired) electrons. The summed E-state index contributed by atoms with van der Waals surface area (Å²) in [5.74, 6) is 1.71. The Kier molecular flexibility index (Phi) is 3.87. The van der Waals surface area contributed by atoms with Crippen LogP contribution in [0.1, 0.15) is 29.5 Å². The Balaban J connectivity index is 1.77. The van der Waals surface area contributed by atoms with Gasteiger partial charge in [-0.15, -0.1) is 0 Å². The van der Waals surface area contributed by atoms with E-state index in [-0.39, 0.29) is 6.04 Å². The highest BCUT2D eigenvalue weighted by Crippen LogP contribution is 2.39. The van der Waals surface area contributed by atoms with Crippen molar-refractivity contribution < 1.29 is 4.42 Å². The zero-order chi connectivity index (χ0) is 16.5. The Morgan fingerprint density at radius 1 is 1.00 bits per heavy atom. The summed E-state index contributed by atoms with van der Waals surface area (Å²) in [5, 5.41) is 7.63. The Morgan fingerprint density at radius 2 is 1.75 bits per heavy atom. The second kappa shape index (κ2) is 6.17. The fourth-order valence-corrected chi connectivity index (χ4v) is 3.32. The molecular weight excluding hydrogens is 320 g/mol. The molecule has 0 fully saturated rings. The van der Waals surface area contributed by atoms with E-state index in [9.17, 15) is 0 Å². The molecule has 2 heterocycles. The van der Waals surface area contributed by atoms with E-state index >= 15 is 0 Å². The average molecular weight is 337 g/mol. The quantitative estimate of drug-likeness (QED) is 0.623. The minimum Gasteiger partial charge on any atom is -0.460 e. The molecule has 1 aromatic heterocycles. The third-order valence-corrected chi connectivity index (χ3v) is 4.56. The van der Waals surface area contributed by atoms with Crippen molar-refractivity contribution in [2.75, 3.05) is 5.01 Å². The van der Waals surface area contributed by atoms with Gasteiger partial charge in [0.2, 0.25) is 0 Å². The number of anilines is 1. The van der Waals surface area contributed by atoms with Gasteiger partial charge in [-0.25, -0.2) is 0 Å². The molecule has 120 valence electrons. The zero-order valence-electron chi connectivity index (χ0n) is 13.3. The molecule has 3 nitrogen and oxygen atoms in total. The number of rotatable bonds is 3. The lowest BCUT2D eigenvalue weighted by Crippen LogP contribution is -2.18. The van der Waals surface area contributed by atoms with Crippen LogP contribution in [0, 0.1) is 6.92 Å². The number of halogens is 1. The SMILES string of the molecule is Cc1ccc(C2=NN(c3ccccc3)C(c3ccccc3Cl)C2)o1. The van der Waals surface area contributed by atoms with Crippen LogP contribution in [0.2, 0.25) is 5.02 Å². The highest BCUT2D eigenvalue weighted by molar-refractivity contribution is 6.31. The topological polar surface area (TPSA) is 28.7 Å². The zero-order valence-corrected chi connectivity index (χ0v) is 14.1. The Morgan fingerprint density at radius 3 is 2.46 bits per heavy atom. The van der Waals surface area contributed by atoms with Crippen LogP contribution in [-0.2, 0) is 0 Å². The van der Waals surface area contributed by atoms with E-state index in [0.717, 1.165) is 39.9 Å². The molecule has 0 saturated carbocycles. The van der Waals surface area contributed by atoms with Gasteiger partial charge in [-0.3, -0.25) is 5.01 Å². The first-order valence-corrected chi connectivity index (χ1v) is 8.33. The van der Waals surface area contributed by atoms with Gasteiger partial charge in [0.1, 0.15) is 17.2 Å². The summed E-state index contributed by atoms with van der Waals surface area (Å²) >= 11 is 6.45. The van der Waals surface area contributed by atoms with Crippen LogP contribution in [0.15, 0.2) is 76.2 Å². The van der Waals surface area contributed by atoms with Crippen molar-refractivity contribution in [2.45, 2.75) is 19.4 Å². The van der Waals surface area contributed by atoms with Crippen LogP contribution < -0.4 is 5.01 Å². The highest BCUT2D eigenvalue weighted by atomic mass is 35.5. The van der Waals surface area contributed by atoms with Crippen LogP contribution in [0.25, 0.3) is 0 Å². The molecule has 1 unspecified atom stereocenters. The van der Waals surface area contributed by atoms with Crippen LogP contribution in [0.4, 0.5) is 5.69 Å². The Hall–Kier alpha value is -2.52. The normalized spacial score (nSPS) is 17.2. The predicted octanol–water partition coefficient (Wildman–Crippen LogP) is 5.60. The van der Waals surface area contributed by atoms with Gasteiger partial charge in [0.25, 0.3) is 0 Å². The van der Waals surface area contributed by atoms with E-state index in [1.165, 1.54) is 0 Å². The van der Waals surface area contributed by atoms with Crippen molar-refractivity contribution >= 4 is 23.0 Å². The molecular formula is C20H17ClN2O. The molecule has 0 amide bonds. The van der Waals surface area contributed by atoms with Crippen LogP contribution in [0.3, 0.4) is 0 Å². The summed E-state index contributed by atoms with van der Waals surface area (Å²) < 4.78 is 5.78. The van der Waals surface area contributed by atoms with Gasteiger partial charge in [-0.2, -0.15) is 5.10 Å². The molecule has 24 heavy (non-hydrogen) atoms. The molecule has 4 rings (SSSR count). The lowest BCUT2D eigenvalue weighted by molar-refractivity contribution is 0.524. The number of aryl methyl sites for hydroxylation is 1. The van der Waals surface area contributed by atoms with Crippen molar-refractivity contribution in [3.63, 3.8) is 0 Å². The van der Waals surface area contributed by atoms with Gasteiger partial charge in [0.15, 0.2) is 0 Å². The number of hydrogen-bond acceptors (Lipinski definition) is 3. The number of benzene rings is 2. The molecule has 4 heteroatoms. The summed E-state index contributed by atoms with van der Waals surface area (Å²) in [6.07, 6.45) is 0.756. The van der Waals surface area contributed by atoms with Gasteiger partial charge in [-0.1, -0.05) is 48.0 Å². The molecule has 2 aromatic carbocycles. The summed E-state index contributed by atoms with van der Waals surface area (Å²) in [6.45, 7) is 1.94. The third kappa shape index (κ3) is 2.72. The average Bonchev–Trinajstić information content (AvgIpc) is 3.22. The molecule has 0 spiro atoms. The standard InChI is InChI=1S/C20H17ClN2O/c1-14-11-12-20(24-14)18-13-19(16-9-5-6-10-17(16)21)23(22-18)15-7-3-2-4-8-15/h2-12,19H,13H2,1H3. The second-order valence-electron chi connectivity index (χ2n) is 5.88. The fourth-order valence-electron chi connectivity index (χ4n) is 3.06. The molecule has 1 atom stereocenters. The Labute approximate surface area is 146 Å². The number of hydrogen-bond donors (Lipinski definition) is 0. The molecule has 0 saturated heterocycles. The molecule has 1 aliphatic heterocycles. The second-order valence-corrected chi connectivity index (χ2v) is 6.29. The lowest BCUT2D eigenvalue weighted by atomic mass is 10.0. The smallest absolute Gasteiger partial charge is 0.150 e. The minimum absolute atomic E-state index is 0.0570. The summed E-state index contributed by atoms with van der Waals surface area (Å²) in [4.78, 5) is 0. The minimum atomic E-state index is 0.0570. The predicted molar refractivity (Wildman–Crippen MR) is 97.7 cm³/mol. The first kappa shape index (κ1) is 15.0. The van der Waals surface area contributed by atoms with E-state index in [0.29, 0.717) is 0 Å². The van der Waals surface area contributed by atoms with E-state index < -0.39 is 0 Å². The molecule has 0 N–H and O–H groups in total. The molecule has 3 aromatic rings. The van der Waals surface area contributed by atoms with Gasteiger partial charge in [-0.05, 0) is 42.8 Å². The van der Waals surface area contributed by atoms with Crippen LogP contribution >= 0.6 is 11.6 Å². The number of para-hydroxylation sites is 1. The lowest BCUT2D eigenvalue weighted by Gasteiger charge is -2.24. The van der Waals surface area contributed by atoms with E-state index in [2.05, 4.69) is 18.2 Å². The van der Waals surface area contributed by atoms with Crippen LogP contribution in [0.5, 0.6) is 0 Å². The monoisotopic (exact) mass is 336 g/mol. The van der Waals surface area contributed by atoms with Crippen molar-refractivity contribution in [1.82, 2.24) is 0 Å². The number of furan rings is 1. The number of hydrazone groups is 1. The van der Waals surface area contributed by atoms with Gasteiger partial charge in [0, 0.05) is 11.4 Å². The van der Waals surface area contributed by atoms with Crippen LogP contribution in [-0.4, -0.2) is 5.71 Å². The van der Waals surface area contributed by atoms with E-state index in [1.807, 2.05) is 60.5 Å². The molecule has 0 aliphatic carbocycles. The van der Waals surface area contributed by atoms with Gasteiger partial charge >= 0.3 is 0 Å². The van der Waals surface area contributed by atoms with Crippen molar-refractivity contribution in [3.05, 3.63) is 88.8 Å². The Bertz CT molecular complexity index is 885. The third-order valence-electron chi connectivity index (χ3n) is 4.22. The summed E-state index contributed by atoms with van der Waals surface area (Å²) in [5.41, 5.74) is 3.06. The molecule has 1 aliphatic rings. The maximum absolute atomic E-state index is 6.45. The van der Waals surface area contributed by atoms with Crippen molar-refractivity contribution in [3.8, 4) is 0 Å². The van der Waals surface area contributed by atoms with Gasteiger partial charge < -0.3 is 4.42 Å². The summed E-state index contributed by atoms with van der Waals surface area (Å²) in [7, 11) is 0. The first-order valence-electron chi connectivity index (χ1n) is 7.95. The van der Waals surface area contributed by atoms with Gasteiger partial charge in [0.05, 0.1) is 11.7 Å². The van der Waals surface area contributed by atoms with E-state index in [4.69, 9.17) is 21.1 Å². The first-order chi connectivity index (χ1) is 11.7.